The van der Waals surface area contributed by atoms with Crippen LogP contribution >= 0.6 is 0 Å². The summed E-state index contributed by atoms with van der Waals surface area (Å²) >= 11 is 0. The van der Waals surface area contributed by atoms with Gasteiger partial charge in [-0.1, -0.05) is 6.92 Å². The van der Waals surface area contributed by atoms with E-state index in [9.17, 15) is 9.18 Å². The molecule has 1 unspecified atom stereocenters. The van der Waals surface area contributed by atoms with Crippen molar-refractivity contribution in [3.8, 4) is 0 Å². The van der Waals surface area contributed by atoms with E-state index in [-0.39, 0.29) is 18.3 Å². The fraction of sp³-hybridized carbons (Fsp3) is 0.462. The van der Waals surface area contributed by atoms with Gasteiger partial charge in [-0.15, -0.1) is 0 Å². The van der Waals surface area contributed by atoms with E-state index < -0.39 is 0 Å². The van der Waals surface area contributed by atoms with Gasteiger partial charge < -0.3 is 15.4 Å². The molecule has 0 radical (unpaired) electrons. The van der Waals surface area contributed by atoms with Crippen molar-refractivity contribution in [1.29, 1.82) is 0 Å². The van der Waals surface area contributed by atoms with Crippen LogP contribution in [0.25, 0.3) is 0 Å². The highest BCUT2D eigenvalue weighted by Gasteiger charge is 2.04. The Morgan fingerprint density at radius 3 is 2.67 bits per heavy atom. The second-order valence-corrected chi connectivity index (χ2v) is 4.25. The first kappa shape index (κ1) is 14.6. The lowest BCUT2D eigenvalue weighted by molar-refractivity contribution is -0.115. The van der Waals surface area contributed by atoms with E-state index in [2.05, 4.69) is 10.6 Å². The number of methoxy groups -OCH3 is 1. The molecule has 0 aliphatic rings. The van der Waals surface area contributed by atoms with Crippen molar-refractivity contribution in [3.63, 3.8) is 0 Å². The molecule has 1 aromatic rings. The summed E-state index contributed by atoms with van der Waals surface area (Å²) in [4.78, 5) is 11.5. The van der Waals surface area contributed by atoms with E-state index in [4.69, 9.17) is 4.74 Å². The number of anilines is 1. The average Bonchev–Trinajstić information content (AvgIpc) is 2.32. The first-order valence-corrected chi connectivity index (χ1v) is 5.87. The minimum atomic E-state index is -0.320. The van der Waals surface area contributed by atoms with E-state index in [0.717, 1.165) is 0 Å². The highest BCUT2D eigenvalue weighted by atomic mass is 19.1. The zero-order chi connectivity index (χ0) is 13.4. The Bertz CT molecular complexity index is 368. The molecule has 0 saturated carbocycles. The fourth-order valence-corrected chi connectivity index (χ4v) is 1.51. The summed E-state index contributed by atoms with van der Waals surface area (Å²) in [5.41, 5.74) is 0.591. The summed E-state index contributed by atoms with van der Waals surface area (Å²) in [5.74, 6) is -0.112. The van der Waals surface area contributed by atoms with Crippen molar-refractivity contribution in [3.05, 3.63) is 30.1 Å². The Kier molecular flexibility index (Phi) is 6.32. The molecule has 0 heterocycles. The lowest BCUT2D eigenvalue weighted by Crippen LogP contribution is -2.32. The number of amides is 1. The van der Waals surface area contributed by atoms with Gasteiger partial charge in [-0.2, -0.15) is 0 Å². The maximum Gasteiger partial charge on any atom is 0.238 e. The van der Waals surface area contributed by atoms with Crippen LogP contribution in [0.2, 0.25) is 0 Å². The van der Waals surface area contributed by atoms with Gasteiger partial charge in [0.05, 0.1) is 6.54 Å². The van der Waals surface area contributed by atoms with Gasteiger partial charge in [-0.3, -0.25) is 4.79 Å². The number of hydrogen-bond acceptors (Lipinski definition) is 3. The minimum Gasteiger partial charge on any atom is -0.384 e. The normalized spacial score (nSPS) is 12.2. The van der Waals surface area contributed by atoms with Crippen LogP contribution in [0.1, 0.15) is 6.92 Å². The Balaban J connectivity index is 2.23. The van der Waals surface area contributed by atoms with E-state index in [0.29, 0.717) is 24.8 Å². The van der Waals surface area contributed by atoms with Gasteiger partial charge in [0.2, 0.25) is 5.91 Å². The Morgan fingerprint density at radius 2 is 2.06 bits per heavy atom. The van der Waals surface area contributed by atoms with E-state index >= 15 is 0 Å². The predicted molar refractivity (Wildman–Crippen MR) is 68.9 cm³/mol. The molecule has 1 aromatic carbocycles. The lowest BCUT2D eigenvalue weighted by atomic mass is 10.2. The van der Waals surface area contributed by atoms with Crippen LogP contribution in [0.4, 0.5) is 10.1 Å². The van der Waals surface area contributed by atoms with Crippen LogP contribution in [0.15, 0.2) is 24.3 Å². The van der Waals surface area contributed by atoms with Crippen molar-refractivity contribution in [1.82, 2.24) is 5.32 Å². The Hall–Kier alpha value is -1.46. The molecular formula is C13H19FN2O2. The lowest BCUT2D eigenvalue weighted by Gasteiger charge is -2.11. The Morgan fingerprint density at radius 1 is 1.39 bits per heavy atom. The molecule has 0 aromatic heterocycles. The standard InChI is InChI=1S/C13H19FN2O2/c1-10(9-18-2)7-15-8-13(17)16-12-5-3-11(14)4-6-12/h3-6,10,15H,7-9H2,1-2H3,(H,16,17). The smallest absolute Gasteiger partial charge is 0.238 e. The van der Waals surface area contributed by atoms with Crippen LogP contribution in [-0.4, -0.2) is 32.7 Å². The molecule has 0 fully saturated rings. The molecule has 100 valence electrons. The van der Waals surface area contributed by atoms with Crippen molar-refractivity contribution in [2.24, 2.45) is 5.92 Å². The number of nitrogens with one attached hydrogen (secondary N) is 2. The zero-order valence-corrected chi connectivity index (χ0v) is 10.7. The first-order valence-electron chi connectivity index (χ1n) is 5.87. The number of carbonyl (C=O) groups excluding carboxylic acids is 1. The fourth-order valence-electron chi connectivity index (χ4n) is 1.51. The van der Waals surface area contributed by atoms with Crippen molar-refractivity contribution < 1.29 is 13.9 Å². The number of benzene rings is 1. The monoisotopic (exact) mass is 254 g/mol. The maximum absolute atomic E-state index is 12.7. The summed E-state index contributed by atoms with van der Waals surface area (Å²) in [7, 11) is 1.65. The summed E-state index contributed by atoms with van der Waals surface area (Å²) < 4.78 is 17.6. The third kappa shape index (κ3) is 5.75. The first-order chi connectivity index (χ1) is 8.61. The minimum absolute atomic E-state index is 0.147. The average molecular weight is 254 g/mol. The highest BCUT2D eigenvalue weighted by Crippen LogP contribution is 2.07. The number of hydrogen-bond donors (Lipinski definition) is 2. The molecule has 18 heavy (non-hydrogen) atoms. The molecule has 4 nitrogen and oxygen atoms in total. The van der Waals surface area contributed by atoms with Gasteiger partial charge in [-0.25, -0.2) is 4.39 Å². The third-order valence-corrected chi connectivity index (χ3v) is 2.36. The van der Waals surface area contributed by atoms with Gasteiger partial charge in [0.15, 0.2) is 0 Å². The predicted octanol–water partition coefficient (Wildman–Crippen LogP) is 1.64. The van der Waals surface area contributed by atoms with Crippen LogP contribution in [0.3, 0.4) is 0 Å². The number of ether oxygens (including phenoxy) is 1. The molecule has 0 saturated heterocycles. The van der Waals surface area contributed by atoms with E-state index in [1.54, 1.807) is 7.11 Å². The quantitative estimate of drug-likeness (QED) is 0.777. The highest BCUT2D eigenvalue weighted by molar-refractivity contribution is 5.92. The summed E-state index contributed by atoms with van der Waals surface area (Å²) in [5, 5.41) is 5.71. The molecule has 0 aliphatic carbocycles. The van der Waals surface area contributed by atoms with Gasteiger partial charge in [-0.05, 0) is 30.2 Å². The van der Waals surface area contributed by atoms with Crippen LogP contribution in [0, 0.1) is 11.7 Å². The summed E-state index contributed by atoms with van der Waals surface area (Å²) in [6.07, 6.45) is 0. The van der Waals surface area contributed by atoms with E-state index in [1.807, 2.05) is 6.92 Å². The number of halogens is 1. The second-order valence-electron chi connectivity index (χ2n) is 4.25. The van der Waals surface area contributed by atoms with Crippen molar-refractivity contribution >= 4 is 11.6 Å². The van der Waals surface area contributed by atoms with Crippen LogP contribution < -0.4 is 10.6 Å². The van der Waals surface area contributed by atoms with E-state index in [1.165, 1.54) is 24.3 Å². The third-order valence-electron chi connectivity index (χ3n) is 2.36. The maximum atomic E-state index is 12.7. The summed E-state index contributed by atoms with van der Waals surface area (Å²) in [6.45, 7) is 3.64. The zero-order valence-electron chi connectivity index (χ0n) is 10.7. The Labute approximate surface area is 107 Å². The molecule has 1 rings (SSSR count). The molecule has 0 spiro atoms. The number of carbonyl (C=O) groups is 1. The largest absolute Gasteiger partial charge is 0.384 e. The summed E-state index contributed by atoms with van der Waals surface area (Å²) in [6, 6.07) is 5.68. The van der Waals surface area contributed by atoms with Crippen LogP contribution in [0.5, 0.6) is 0 Å². The molecule has 1 atom stereocenters. The molecule has 1 amide bonds. The molecule has 0 aliphatic heterocycles. The van der Waals surface area contributed by atoms with Gasteiger partial charge >= 0.3 is 0 Å². The van der Waals surface area contributed by atoms with Crippen LogP contribution in [-0.2, 0) is 9.53 Å². The van der Waals surface area contributed by atoms with Gasteiger partial charge in [0, 0.05) is 25.9 Å². The van der Waals surface area contributed by atoms with Gasteiger partial charge in [0.1, 0.15) is 5.82 Å². The second kappa shape index (κ2) is 7.79. The van der Waals surface area contributed by atoms with Crippen molar-refractivity contribution in [2.75, 3.05) is 32.1 Å². The molecule has 0 bridgehead atoms. The molecule has 2 N–H and O–H groups in total. The molecule has 5 heteroatoms. The van der Waals surface area contributed by atoms with Crippen molar-refractivity contribution in [2.45, 2.75) is 6.92 Å². The topological polar surface area (TPSA) is 50.4 Å². The number of rotatable bonds is 7. The molecular weight excluding hydrogens is 235 g/mol. The van der Waals surface area contributed by atoms with Gasteiger partial charge in [0.25, 0.3) is 0 Å². The SMILES string of the molecule is COCC(C)CNCC(=O)Nc1ccc(F)cc1.